The molecule has 4 nitrogen and oxygen atoms in total. The zero-order valence-corrected chi connectivity index (χ0v) is 10.0. The van der Waals surface area contributed by atoms with Gasteiger partial charge in [-0.1, -0.05) is 15.9 Å². The topological polar surface area (TPSA) is 64.7 Å². The number of carbonyl (C=O) groups is 1. The third-order valence-electron chi connectivity index (χ3n) is 1.87. The van der Waals surface area contributed by atoms with Crippen molar-refractivity contribution < 1.29 is 9.53 Å². The van der Waals surface area contributed by atoms with Crippen molar-refractivity contribution in [3.05, 3.63) is 28.2 Å². The summed E-state index contributed by atoms with van der Waals surface area (Å²) in [7, 11) is 2.83. The summed E-state index contributed by atoms with van der Waals surface area (Å²) in [6.07, 6.45) is 0. The Morgan fingerprint density at radius 2 is 2.20 bits per heavy atom. The van der Waals surface area contributed by atoms with Crippen molar-refractivity contribution in [2.75, 3.05) is 19.9 Å². The Balaban J connectivity index is 3.24. The van der Waals surface area contributed by atoms with Gasteiger partial charge in [0.1, 0.15) is 0 Å². The second kappa shape index (κ2) is 4.93. The summed E-state index contributed by atoms with van der Waals surface area (Å²) in [5.41, 5.74) is 7.03. The lowest BCUT2D eigenvalue weighted by atomic mass is 10.1. The van der Waals surface area contributed by atoms with E-state index in [1.165, 1.54) is 14.2 Å². The highest BCUT2D eigenvalue weighted by atomic mass is 79.9. The lowest BCUT2D eigenvalue weighted by molar-refractivity contribution is -0.132. The maximum absolute atomic E-state index is 11.4. The number of nitrogens with two attached hydrogens (primary N) is 1. The van der Waals surface area contributed by atoms with Crippen LogP contribution < -0.4 is 5.73 Å². The molecular weight excluding hydrogens is 260 g/mol. The quantitative estimate of drug-likeness (QED) is 0.505. The summed E-state index contributed by atoms with van der Waals surface area (Å²) in [5, 5.41) is 0. The molecule has 5 heteroatoms. The smallest absolute Gasteiger partial charge is 0.356 e. The van der Waals surface area contributed by atoms with Gasteiger partial charge in [-0.05, 0) is 18.2 Å². The van der Waals surface area contributed by atoms with Crippen molar-refractivity contribution in [2.45, 2.75) is 0 Å². The fourth-order valence-electron chi connectivity index (χ4n) is 1.15. The molecule has 1 aromatic carbocycles. The summed E-state index contributed by atoms with van der Waals surface area (Å²) in [6.45, 7) is 0. The van der Waals surface area contributed by atoms with Gasteiger partial charge in [-0.3, -0.25) is 4.99 Å². The molecule has 80 valence electrons. The molecule has 0 saturated carbocycles. The van der Waals surface area contributed by atoms with Crippen LogP contribution in [0.5, 0.6) is 0 Å². The van der Waals surface area contributed by atoms with Crippen LogP contribution in [0.3, 0.4) is 0 Å². The number of esters is 1. The fraction of sp³-hybridized carbons (Fsp3) is 0.200. The number of rotatable bonds is 2. The maximum atomic E-state index is 11.4. The minimum atomic E-state index is -0.498. The molecule has 2 N–H and O–H groups in total. The van der Waals surface area contributed by atoms with Crippen LogP contribution in [-0.2, 0) is 9.53 Å². The van der Waals surface area contributed by atoms with Gasteiger partial charge in [0.05, 0.1) is 7.11 Å². The van der Waals surface area contributed by atoms with Gasteiger partial charge in [-0.15, -0.1) is 0 Å². The van der Waals surface area contributed by atoms with Crippen molar-refractivity contribution in [2.24, 2.45) is 4.99 Å². The lowest BCUT2D eigenvalue weighted by Crippen LogP contribution is -2.18. The fourth-order valence-corrected chi connectivity index (χ4v) is 1.51. The Bertz CT molecular complexity index is 416. The summed E-state index contributed by atoms with van der Waals surface area (Å²) in [4.78, 5) is 15.3. The summed E-state index contributed by atoms with van der Waals surface area (Å²) >= 11 is 3.30. The third kappa shape index (κ3) is 2.56. The Hall–Kier alpha value is -1.36. The molecular formula is C10H11BrN2O2. The number of aliphatic imine (C=N–C) groups is 1. The molecule has 0 fully saturated rings. The van der Waals surface area contributed by atoms with Gasteiger partial charge < -0.3 is 10.5 Å². The van der Waals surface area contributed by atoms with Crippen LogP contribution in [-0.4, -0.2) is 25.8 Å². The number of hydrogen-bond donors (Lipinski definition) is 1. The first kappa shape index (κ1) is 11.7. The molecule has 0 aromatic heterocycles. The van der Waals surface area contributed by atoms with E-state index < -0.39 is 5.97 Å². The highest BCUT2D eigenvalue weighted by Crippen LogP contribution is 2.19. The van der Waals surface area contributed by atoms with Gasteiger partial charge in [-0.25, -0.2) is 4.79 Å². The van der Waals surface area contributed by atoms with E-state index in [1.54, 1.807) is 18.2 Å². The molecule has 0 spiro atoms. The zero-order chi connectivity index (χ0) is 11.4. The van der Waals surface area contributed by atoms with E-state index in [9.17, 15) is 4.79 Å². The highest BCUT2D eigenvalue weighted by molar-refractivity contribution is 9.10. The SMILES string of the molecule is CN=C(C(=O)OC)c1cc(Br)ccc1N. The third-order valence-corrected chi connectivity index (χ3v) is 2.37. The number of nitrogen functional groups attached to an aromatic ring is 1. The number of benzene rings is 1. The van der Waals surface area contributed by atoms with Crippen molar-refractivity contribution >= 4 is 33.3 Å². The minimum Gasteiger partial charge on any atom is -0.464 e. The number of nitrogens with zero attached hydrogens (tertiary/aromatic N) is 1. The monoisotopic (exact) mass is 270 g/mol. The van der Waals surface area contributed by atoms with E-state index in [1.807, 2.05) is 0 Å². The van der Waals surface area contributed by atoms with Crippen LogP contribution in [0, 0.1) is 0 Å². The summed E-state index contributed by atoms with van der Waals surface area (Å²) < 4.78 is 5.44. The molecule has 1 aromatic rings. The number of hydrogen-bond acceptors (Lipinski definition) is 4. The van der Waals surface area contributed by atoms with Crippen LogP contribution in [0.1, 0.15) is 5.56 Å². The minimum absolute atomic E-state index is 0.219. The number of ether oxygens (including phenoxy) is 1. The van der Waals surface area contributed by atoms with Crippen molar-refractivity contribution in [1.29, 1.82) is 0 Å². The van der Waals surface area contributed by atoms with Crippen molar-refractivity contribution in [3.8, 4) is 0 Å². The standard InChI is InChI=1S/C10H11BrN2O2/c1-13-9(10(14)15-2)7-5-6(11)3-4-8(7)12/h3-5H,12H2,1-2H3. The summed E-state index contributed by atoms with van der Waals surface area (Å²) in [5.74, 6) is -0.498. The van der Waals surface area contributed by atoms with E-state index in [0.717, 1.165) is 4.47 Å². The van der Waals surface area contributed by atoms with E-state index in [0.29, 0.717) is 11.3 Å². The lowest BCUT2D eigenvalue weighted by Gasteiger charge is -2.07. The molecule has 0 bridgehead atoms. The maximum Gasteiger partial charge on any atom is 0.356 e. The van der Waals surface area contributed by atoms with Gasteiger partial charge in [0.25, 0.3) is 0 Å². The second-order valence-corrected chi connectivity index (χ2v) is 3.71. The number of anilines is 1. The molecule has 0 heterocycles. The molecule has 0 amide bonds. The van der Waals surface area contributed by atoms with Gasteiger partial charge in [0.2, 0.25) is 0 Å². The predicted molar refractivity (Wildman–Crippen MR) is 63.0 cm³/mol. The molecule has 0 aliphatic carbocycles. The van der Waals surface area contributed by atoms with E-state index in [2.05, 4.69) is 25.7 Å². The van der Waals surface area contributed by atoms with E-state index in [4.69, 9.17) is 5.73 Å². The molecule has 0 saturated heterocycles. The van der Waals surface area contributed by atoms with Crippen LogP contribution in [0.25, 0.3) is 0 Å². The van der Waals surface area contributed by atoms with Crippen molar-refractivity contribution in [1.82, 2.24) is 0 Å². The predicted octanol–water partition coefficient (Wildman–Crippen LogP) is 1.62. The largest absolute Gasteiger partial charge is 0.464 e. The Morgan fingerprint density at radius 3 is 2.73 bits per heavy atom. The highest BCUT2D eigenvalue weighted by Gasteiger charge is 2.16. The molecule has 0 radical (unpaired) electrons. The summed E-state index contributed by atoms with van der Waals surface area (Å²) in [6, 6.07) is 5.23. The van der Waals surface area contributed by atoms with Crippen molar-refractivity contribution in [3.63, 3.8) is 0 Å². The first-order valence-electron chi connectivity index (χ1n) is 4.20. The van der Waals surface area contributed by atoms with E-state index in [-0.39, 0.29) is 5.71 Å². The average Bonchev–Trinajstić information content (AvgIpc) is 2.23. The Labute approximate surface area is 96.3 Å². The van der Waals surface area contributed by atoms with Crippen LogP contribution in [0.4, 0.5) is 5.69 Å². The molecule has 0 atom stereocenters. The van der Waals surface area contributed by atoms with Crippen LogP contribution in [0.15, 0.2) is 27.7 Å². The second-order valence-electron chi connectivity index (χ2n) is 2.80. The van der Waals surface area contributed by atoms with Gasteiger partial charge in [-0.2, -0.15) is 0 Å². The number of methoxy groups -OCH3 is 1. The Morgan fingerprint density at radius 1 is 1.53 bits per heavy atom. The normalized spacial score (nSPS) is 11.3. The van der Waals surface area contributed by atoms with E-state index >= 15 is 0 Å². The van der Waals surface area contributed by atoms with Gasteiger partial charge >= 0.3 is 5.97 Å². The molecule has 0 unspecified atom stereocenters. The number of carbonyl (C=O) groups excluding carboxylic acids is 1. The molecule has 15 heavy (non-hydrogen) atoms. The number of halogens is 1. The zero-order valence-electron chi connectivity index (χ0n) is 8.45. The molecule has 0 aliphatic heterocycles. The first-order chi connectivity index (χ1) is 7.10. The first-order valence-corrected chi connectivity index (χ1v) is 5.00. The average molecular weight is 271 g/mol. The molecule has 1 rings (SSSR count). The molecule has 0 aliphatic rings. The Kier molecular flexibility index (Phi) is 3.85. The van der Waals surface area contributed by atoms with Gasteiger partial charge in [0.15, 0.2) is 5.71 Å². The van der Waals surface area contributed by atoms with Gasteiger partial charge in [0, 0.05) is 22.8 Å². The van der Waals surface area contributed by atoms with Crippen LogP contribution >= 0.6 is 15.9 Å². The van der Waals surface area contributed by atoms with Crippen LogP contribution in [0.2, 0.25) is 0 Å².